The Balaban J connectivity index is 1.24. The summed E-state index contributed by atoms with van der Waals surface area (Å²) in [7, 11) is 0. The van der Waals surface area contributed by atoms with Crippen molar-refractivity contribution in [2.24, 2.45) is 0 Å². The normalized spacial score (nSPS) is 11.6. The summed E-state index contributed by atoms with van der Waals surface area (Å²) < 4.78 is 8.69. The monoisotopic (exact) mass is 640 g/mol. The molecule has 0 atom stereocenters. The molecule has 0 bridgehead atoms. The summed E-state index contributed by atoms with van der Waals surface area (Å²) >= 11 is 0. The Morgan fingerprint density at radius 3 is 1.82 bits per heavy atom. The van der Waals surface area contributed by atoms with Crippen molar-refractivity contribution in [3.63, 3.8) is 0 Å². The van der Waals surface area contributed by atoms with Crippen molar-refractivity contribution in [3.05, 3.63) is 170 Å². The molecule has 0 N–H and O–H groups in total. The van der Waals surface area contributed by atoms with Gasteiger partial charge in [0.25, 0.3) is 0 Å². The third-order valence-corrected chi connectivity index (χ3v) is 9.48. The second kappa shape index (κ2) is 11.4. The Bertz CT molecular complexity index is 2870. The Labute approximate surface area is 287 Å². The zero-order chi connectivity index (χ0) is 33.0. The predicted octanol–water partition coefficient (Wildman–Crippen LogP) is 11.5. The maximum atomic E-state index is 6.52. The van der Waals surface area contributed by atoms with E-state index in [0.29, 0.717) is 17.6 Å². The SMILES string of the molecule is c1ccc(-c2cccc(-c3nc(-c4ccccc4)nc(-n4c5ccccc5c5c(-c6cccc7c6oc6ccccc67)cccc54)n3)c2)cc1. The molecule has 50 heavy (non-hydrogen) atoms. The predicted molar refractivity (Wildman–Crippen MR) is 203 cm³/mol. The lowest BCUT2D eigenvalue weighted by Gasteiger charge is -2.12. The highest BCUT2D eigenvalue weighted by Gasteiger charge is 2.21. The Morgan fingerprint density at radius 1 is 0.400 bits per heavy atom. The summed E-state index contributed by atoms with van der Waals surface area (Å²) in [5.74, 6) is 1.79. The minimum Gasteiger partial charge on any atom is -0.455 e. The number of furan rings is 1. The molecule has 0 aliphatic rings. The molecule has 0 amide bonds. The number of aromatic nitrogens is 4. The van der Waals surface area contributed by atoms with Gasteiger partial charge in [0.05, 0.1) is 11.0 Å². The lowest BCUT2D eigenvalue weighted by molar-refractivity contribution is 0.670. The Kier molecular flexibility index (Phi) is 6.42. The zero-order valence-corrected chi connectivity index (χ0v) is 26.9. The molecule has 0 saturated carbocycles. The van der Waals surface area contributed by atoms with Crippen molar-refractivity contribution in [1.82, 2.24) is 19.5 Å². The number of fused-ring (bicyclic) bond motifs is 6. The van der Waals surface area contributed by atoms with Gasteiger partial charge in [0.2, 0.25) is 5.95 Å². The summed E-state index contributed by atoms with van der Waals surface area (Å²) in [6.07, 6.45) is 0. The van der Waals surface area contributed by atoms with Gasteiger partial charge in [0, 0.05) is 38.2 Å². The summed E-state index contributed by atoms with van der Waals surface area (Å²) in [5.41, 5.74) is 10.0. The number of benzene rings is 7. The molecular weight excluding hydrogens is 613 g/mol. The van der Waals surface area contributed by atoms with Crippen LogP contribution in [-0.2, 0) is 0 Å². The van der Waals surface area contributed by atoms with E-state index in [1.165, 1.54) is 0 Å². The maximum absolute atomic E-state index is 6.52. The van der Waals surface area contributed by atoms with Crippen LogP contribution in [0.3, 0.4) is 0 Å². The van der Waals surface area contributed by atoms with Crippen LogP contribution in [0, 0.1) is 0 Å². The molecule has 5 heteroatoms. The minimum atomic E-state index is 0.560. The van der Waals surface area contributed by atoms with Crippen molar-refractivity contribution in [2.45, 2.75) is 0 Å². The highest BCUT2D eigenvalue weighted by atomic mass is 16.3. The molecule has 0 aliphatic carbocycles. The van der Waals surface area contributed by atoms with Crippen LogP contribution in [0.4, 0.5) is 0 Å². The van der Waals surface area contributed by atoms with Crippen molar-refractivity contribution < 1.29 is 4.42 Å². The van der Waals surface area contributed by atoms with Crippen LogP contribution in [0.1, 0.15) is 0 Å². The van der Waals surface area contributed by atoms with Gasteiger partial charge in [-0.15, -0.1) is 0 Å². The minimum absolute atomic E-state index is 0.560. The summed E-state index contributed by atoms with van der Waals surface area (Å²) in [4.78, 5) is 15.4. The third kappa shape index (κ3) is 4.52. The van der Waals surface area contributed by atoms with Crippen molar-refractivity contribution in [2.75, 3.05) is 0 Å². The van der Waals surface area contributed by atoms with E-state index in [4.69, 9.17) is 19.4 Å². The smallest absolute Gasteiger partial charge is 0.238 e. The fraction of sp³-hybridized carbons (Fsp3) is 0. The first kappa shape index (κ1) is 28.2. The molecule has 0 radical (unpaired) electrons. The van der Waals surface area contributed by atoms with Crippen LogP contribution in [0.15, 0.2) is 174 Å². The highest BCUT2D eigenvalue weighted by Crippen LogP contribution is 2.42. The largest absolute Gasteiger partial charge is 0.455 e. The molecule has 5 nitrogen and oxygen atoms in total. The van der Waals surface area contributed by atoms with Crippen LogP contribution in [0.2, 0.25) is 0 Å². The van der Waals surface area contributed by atoms with E-state index in [-0.39, 0.29) is 0 Å². The number of para-hydroxylation sites is 3. The van der Waals surface area contributed by atoms with Gasteiger partial charge in [-0.2, -0.15) is 9.97 Å². The second-order valence-corrected chi connectivity index (χ2v) is 12.4. The molecule has 7 aromatic carbocycles. The number of nitrogens with zero attached hydrogens (tertiary/aromatic N) is 4. The number of hydrogen-bond acceptors (Lipinski definition) is 4. The quantitative estimate of drug-likeness (QED) is 0.188. The second-order valence-electron chi connectivity index (χ2n) is 12.4. The molecular formula is C45H28N4O. The molecule has 3 aromatic heterocycles. The Morgan fingerprint density at radius 2 is 0.980 bits per heavy atom. The van der Waals surface area contributed by atoms with E-state index in [1.54, 1.807) is 0 Å². The molecule has 234 valence electrons. The molecule has 3 heterocycles. The van der Waals surface area contributed by atoms with Gasteiger partial charge < -0.3 is 4.42 Å². The van der Waals surface area contributed by atoms with Gasteiger partial charge in [0.15, 0.2) is 11.6 Å². The average Bonchev–Trinajstić information content (AvgIpc) is 3.75. The van der Waals surface area contributed by atoms with Crippen molar-refractivity contribution in [1.29, 1.82) is 0 Å². The average molecular weight is 641 g/mol. The number of rotatable bonds is 5. The summed E-state index contributed by atoms with van der Waals surface area (Å²) in [5, 5.41) is 4.44. The Hall–Kier alpha value is -6.85. The molecule has 0 fully saturated rings. The van der Waals surface area contributed by atoms with Crippen molar-refractivity contribution in [3.8, 4) is 51.0 Å². The first-order valence-corrected chi connectivity index (χ1v) is 16.7. The molecule has 0 unspecified atom stereocenters. The summed E-state index contributed by atoms with van der Waals surface area (Å²) in [6.45, 7) is 0. The molecule has 0 aliphatic heterocycles. The van der Waals surface area contributed by atoms with E-state index < -0.39 is 0 Å². The third-order valence-electron chi connectivity index (χ3n) is 9.48. The lowest BCUT2D eigenvalue weighted by Crippen LogP contribution is -2.06. The lowest BCUT2D eigenvalue weighted by atomic mass is 9.97. The van der Waals surface area contributed by atoms with Crippen LogP contribution >= 0.6 is 0 Å². The van der Waals surface area contributed by atoms with Gasteiger partial charge >= 0.3 is 0 Å². The molecule has 0 spiro atoms. The van der Waals surface area contributed by atoms with Crippen LogP contribution in [-0.4, -0.2) is 19.5 Å². The van der Waals surface area contributed by atoms with Crippen LogP contribution in [0.25, 0.3) is 94.7 Å². The van der Waals surface area contributed by atoms with E-state index in [2.05, 4.69) is 126 Å². The van der Waals surface area contributed by atoms with Crippen LogP contribution < -0.4 is 0 Å². The van der Waals surface area contributed by atoms with E-state index in [0.717, 1.165) is 77.1 Å². The van der Waals surface area contributed by atoms with Gasteiger partial charge in [-0.1, -0.05) is 146 Å². The van der Waals surface area contributed by atoms with Gasteiger partial charge in [-0.05, 0) is 41.0 Å². The van der Waals surface area contributed by atoms with E-state index in [9.17, 15) is 0 Å². The fourth-order valence-electron chi connectivity index (χ4n) is 7.20. The fourth-order valence-corrected chi connectivity index (χ4v) is 7.20. The zero-order valence-electron chi connectivity index (χ0n) is 26.9. The molecule has 10 aromatic rings. The van der Waals surface area contributed by atoms with Gasteiger partial charge in [-0.25, -0.2) is 4.98 Å². The van der Waals surface area contributed by atoms with E-state index in [1.807, 2.05) is 48.5 Å². The van der Waals surface area contributed by atoms with E-state index >= 15 is 0 Å². The standard InChI is InChI=1S/C45H28N4O/c1-3-14-29(15-4-1)31-18-11-19-32(28-31)44-46-43(30-16-5-2-6-17-30)47-45(48-44)49-38-25-9-7-21-37(38)41-34(22-13-26-39(41)49)36-24-12-23-35-33-20-8-10-27-40(33)50-42(35)36/h1-28H. The number of hydrogen-bond donors (Lipinski definition) is 0. The van der Waals surface area contributed by atoms with Crippen LogP contribution in [0.5, 0.6) is 0 Å². The van der Waals surface area contributed by atoms with Gasteiger partial charge in [0.1, 0.15) is 11.2 Å². The van der Waals surface area contributed by atoms with Gasteiger partial charge in [-0.3, -0.25) is 4.57 Å². The van der Waals surface area contributed by atoms with Crippen molar-refractivity contribution >= 4 is 43.7 Å². The first-order chi connectivity index (χ1) is 24.8. The maximum Gasteiger partial charge on any atom is 0.238 e. The topological polar surface area (TPSA) is 56.7 Å². The first-order valence-electron chi connectivity index (χ1n) is 16.7. The summed E-state index contributed by atoms with van der Waals surface area (Å²) in [6, 6.07) is 58.5. The molecule has 0 saturated heterocycles. The molecule has 10 rings (SSSR count). The highest BCUT2D eigenvalue weighted by molar-refractivity contribution is 6.19.